The van der Waals surface area contributed by atoms with Crippen LogP contribution < -0.4 is 10.2 Å². The summed E-state index contributed by atoms with van der Waals surface area (Å²) >= 11 is 1.65. The summed E-state index contributed by atoms with van der Waals surface area (Å²) in [5, 5.41) is 16.3. The molecular weight excluding hydrogens is 284 g/mol. The van der Waals surface area contributed by atoms with Gasteiger partial charge in [-0.2, -0.15) is 4.98 Å². The standard InChI is InChI=1S/C15H22N4OS/c1-3-6-16-15-17-13(12-5-8-21-14(12)18-15)19-7-4-11(9-19)10(2)20/h5,8,10-11,20H,3-4,6-7,9H2,1-2H3,(H,16,17,18). The van der Waals surface area contributed by atoms with Gasteiger partial charge in [0.05, 0.1) is 11.5 Å². The molecule has 0 amide bonds. The van der Waals surface area contributed by atoms with Crippen molar-refractivity contribution >= 4 is 33.3 Å². The monoisotopic (exact) mass is 306 g/mol. The number of rotatable bonds is 5. The zero-order valence-electron chi connectivity index (χ0n) is 12.5. The summed E-state index contributed by atoms with van der Waals surface area (Å²) in [5.41, 5.74) is 0. The van der Waals surface area contributed by atoms with Crippen molar-refractivity contribution in [2.45, 2.75) is 32.8 Å². The van der Waals surface area contributed by atoms with Crippen molar-refractivity contribution in [1.82, 2.24) is 9.97 Å². The van der Waals surface area contributed by atoms with E-state index in [1.807, 2.05) is 6.92 Å². The Balaban J connectivity index is 1.91. The van der Waals surface area contributed by atoms with Crippen molar-refractivity contribution in [3.63, 3.8) is 0 Å². The maximum Gasteiger partial charge on any atom is 0.226 e. The molecule has 2 unspecified atom stereocenters. The van der Waals surface area contributed by atoms with E-state index >= 15 is 0 Å². The van der Waals surface area contributed by atoms with Gasteiger partial charge in [-0.25, -0.2) is 4.98 Å². The Bertz CT molecular complexity index is 613. The highest BCUT2D eigenvalue weighted by Gasteiger charge is 2.28. The first-order valence-electron chi connectivity index (χ1n) is 7.61. The maximum absolute atomic E-state index is 9.79. The fourth-order valence-electron chi connectivity index (χ4n) is 2.77. The SMILES string of the molecule is CCCNc1nc(N2CCC(C(C)O)C2)c2ccsc2n1. The zero-order chi connectivity index (χ0) is 14.8. The van der Waals surface area contributed by atoms with Gasteiger partial charge in [-0.1, -0.05) is 6.92 Å². The van der Waals surface area contributed by atoms with Crippen LogP contribution in [-0.4, -0.2) is 40.8 Å². The predicted octanol–water partition coefficient (Wildman–Crippen LogP) is 2.72. The third kappa shape index (κ3) is 2.96. The van der Waals surface area contributed by atoms with Crippen molar-refractivity contribution in [3.05, 3.63) is 11.4 Å². The molecule has 0 spiro atoms. The van der Waals surface area contributed by atoms with E-state index in [2.05, 4.69) is 33.6 Å². The third-order valence-corrected chi connectivity index (χ3v) is 4.85. The van der Waals surface area contributed by atoms with E-state index in [0.29, 0.717) is 11.9 Å². The number of fused-ring (bicyclic) bond motifs is 1. The number of anilines is 2. The summed E-state index contributed by atoms with van der Waals surface area (Å²) < 4.78 is 0. The normalized spacial score (nSPS) is 20.1. The smallest absolute Gasteiger partial charge is 0.226 e. The van der Waals surface area contributed by atoms with Gasteiger partial charge in [0, 0.05) is 25.6 Å². The van der Waals surface area contributed by atoms with E-state index in [9.17, 15) is 5.11 Å². The van der Waals surface area contributed by atoms with E-state index in [4.69, 9.17) is 4.98 Å². The topological polar surface area (TPSA) is 61.3 Å². The Labute approximate surface area is 129 Å². The van der Waals surface area contributed by atoms with Crippen LogP contribution in [0, 0.1) is 5.92 Å². The van der Waals surface area contributed by atoms with Crippen LogP contribution in [0.15, 0.2) is 11.4 Å². The van der Waals surface area contributed by atoms with E-state index in [1.54, 1.807) is 11.3 Å². The molecule has 0 bridgehead atoms. The number of aliphatic hydroxyl groups is 1. The van der Waals surface area contributed by atoms with Gasteiger partial charge in [-0.3, -0.25) is 0 Å². The Hall–Kier alpha value is -1.40. The summed E-state index contributed by atoms with van der Waals surface area (Å²) in [6, 6.07) is 2.09. The number of hydrogen-bond donors (Lipinski definition) is 2. The van der Waals surface area contributed by atoms with Gasteiger partial charge in [-0.05, 0) is 31.2 Å². The van der Waals surface area contributed by atoms with Crippen molar-refractivity contribution in [2.24, 2.45) is 5.92 Å². The molecule has 1 aliphatic rings. The Morgan fingerprint density at radius 2 is 2.38 bits per heavy atom. The maximum atomic E-state index is 9.79. The average Bonchev–Trinajstić information content (AvgIpc) is 3.12. The van der Waals surface area contributed by atoms with Crippen LogP contribution in [0.1, 0.15) is 26.7 Å². The van der Waals surface area contributed by atoms with Gasteiger partial charge in [-0.15, -0.1) is 11.3 Å². The molecule has 0 aromatic carbocycles. The molecule has 2 N–H and O–H groups in total. The summed E-state index contributed by atoms with van der Waals surface area (Å²) in [6.45, 7) is 6.71. The van der Waals surface area contributed by atoms with Gasteiger partial charge in [0.1, 0.15) is 10.6 Å². The van der Waals surface area contributed by atoms with Crippen molar-refractivity contribution in [3.8, 4) is 0 Å². The van der Waals surface area contributed by atoms with E-state index in [0.717, 1.165) is 48.5 Å². The third-order valence-electron chi connectivity index (χ3n) is 4.04. The summed E-state index contributed by atoms with van der Waals surface area (Å²) in [4.78, 5) is 12.6. The summed E-state index contributed by atoms with van der Waals surface area (Å²) in [6.07, 6.45) is 1.81. The molecule has 1 fully saturated rings. The van der Waals surface area contributed by atoms with Gasteiger partial charge < -0.3 is 15.3 Å². The van der Waals surface area contributed by atoms with Crippen molar-refractivity contribution in [2.75, 3.05) is 29.9 Å². The van der Waals surface area contributed by atoms with Crippen LogP contribution in [0.3, 0.4) is 0 Å². The van der Waals surface area contributed by atoms with E-state index in [-0.39, 0.29) is 6.10 Å². The first kappa shape index (κ1) is 14.5. The van der Waals surface area contributed by atoms with E-state index in [1.165, 1.54) is 0 Å². The lowest BCUT2D eigenvalue weighted by Crippen LogP contribution is -2.25. The first-order valence-corrected chi connectivity index (χ1v) is 8.49. The molecule has 2 atom stereocenters. The fourth-order valence-corrected chi connectivity index (χ4v) is 3.53. The molecule has 0 aliphatic carbocycles. The Kier molecular flexibility index (Phi) is 4.26. The zero-order valence-corrected chi connectivity index (χ0v) is 13.4. The molecule has 1 saturated heterocycles. The molecule has 21 heavy (non-hydrogen) atoms. The number of aliphatic hydroxyl groups excluding tert-OH is 1. The van der Waals surface area contributed by atoms with Crippen LogP contribution in [-0.2, 0) is 0 Å². The molecule has 3 rings (SSSR count). The highest BCUT2D eigenvalue weighted by molar-refractivity contribution is 7.16. The Morgan fingerprint density at radius 3 is 3.10 bits per heavy atom. The number of nitrogens with zero attached hydrogens (tertiary/aromatic N) is 3. The number of aromatic nitrogens is 2. The largest absolute Gasteiger partial charge is 0.393 e. The molecule has 114 valence electrons. The average molecular weight is 306 g/mol. The van der Waals surface area contributed by atoms with Crippen molar-refractivity contribution in [1.29, 1.82) is 0 Å². The van der Waals surface area contributed by atoms with Gasteiger partial charge in [0.2, 0.25) is 5.95 Å². The lowest BCUT2D eigenvalue weighted by atomic mass is 10.0. The quantitative estimate of drug-likeness (QED) is 0.889. The Morgan fingerprint density at radius 1 is 1.52 bits per heavy atom. The van der Waals surface area contributed by atoms with Gasteiger partial charge >= 0.3 is 0 Å². The molecule has 6 heteroatoms. The molecule has 2 aromatic heterocycles. The molecule has 5 nitrogen and oxygen atoms in total. The highest BCUT2D eigenvalue weighted by atomic mass is 32.1. The van der Waals surface area contributed by atoms with Crippen LogP contribution in [0.25, 0.3) is 10.2 Å². The summed E-state index contributed by atoms with van der Waals surface area (Å²) in [5.74, 6) is 2.05. The predicted molar refractivity (Wildman–Crippen MR) is 88.2 cm³/mol. The minimum absolute atomic E-state index is 0.257. The van der Waals surface area contributed by atoms with Gasteiger partial charge in [0.25, 0.3) is 0 Å². The fraction of sp³-hybridized carbons (Fsp3) is 0.600. The number of nitrogens with one attached hydrogen (secondary N) is 1. The first-order chi connectivity index (χ1) is 10.2. The number of thiophene rings is 1. The molecule has 3 heterocycles. The van der Waals surface area contributed by atoms with Crippen molar-refractivity contribution < 1.29 is 5.11 Å². The van der Waals surface area contributed by atoms with Crippen LogP contribution >= 0.6 is 11.3 Å². The minimum atomic E-state index is -0.257. The van der Waals surface area contributed by atoms with E-state index < -0.39 is 0 Å². The second kappa shape index (κ2) is 6.15. The molecule has 0 radical (unpaired) electrons. The van der Waals surface area contributed by atoms with Crippen LogP contribution in [0.5, 0.6) is 0 Å². The number of hydrogen-bond acceptors (Lipinski definition) is 6. The van der Waals surface area contributed by atoms with Gasteiger partial charge in [0.15, 0.2) is 0 Å². The summed E-state index contributed by atoms with van der Waals surface area (Å²) in [7, 11) is 0. The lowest BCUT2D eigenvalue weighted by Gasteiger charge is -2.20. The van der Waals surface area contributed by atoms with Crippen LogP contribution in [0.4, 0.5) is 11.8 Å². The second-order valence-corrected chi connectivity index (χ2v) is 6.57. The minimum Gasteiger partial charge on any atom is -0.393 e. The highest BCUT2D eigenvalue weighted by Crippen LogP contribution is 2.32. The molecule has 0 saturated carbocycles. The molecular formula is C15H22N4OS. The molecule has 2 aromatic rings. The van der Waals surface area contributed by atoms with Crippen LogP contribution in [0.2, 0.25) is 0 Å². The second-order valence-electron chi connectivity index (χ2n) is 5.67. The lowest BCUT2D eigenvalue weighted by molar-refractivity contribution is 0.136. The molecule has 1 aliphatic heterocycles.